The van der Waals surface area contributed by atoms with Gasteiger partial charge in [0.25, 0.3) is 0 Å². The van der Waals surface area contributed by atoms with Crippen LogP contribution in [0.1, 0.15) is 81.6 Å². The molecule has 4 rings (SSSR count). The minimum Gasteiger partial charge on any atom is -0.253 e. The van der Waals surface area contributed by atoms with Crippen molar-refractivity contribution in [2.24, 2.45) is 0 Å². The highest BCUT2D eigenvalue weighted by molar-refractivity contribution is 9.10. The number of nitrogens with zero attached hydrogens (tertiary/aromatic N) is 2. The van der Waals surface area contributed by atoms with Crippen LogP contribution in [0, 0.1) is 6.92 Å². The molecule has 2 aromatic heterocycles. The Morgan fingerprint density at radius 3 is 1.85 bits per heavy atom. The molecule has 0 N–H and O–H groups in total. The van der Waals surface area contributed by atoms with Crippen LogP contribution in [0.4, 0.5) is 26.3 Å². The number of rotatable bonds is 8. The van der Waals surface area contributed by atoms with Crippen molar-refractivity contribution < 1.29 is 26.3 Å². The maximum absolute atomic E-state index is 15.7. The van der Waals surface area contributed by atoms with Crippen LogP contribution in [0.2, 0.25) is 0 Å². The second-order valence-corrected chi connectivity index (χ2v) is 11.1. The molecule has 0 atom stereocenters. The summed E-state index contributed by atoms with van der Waals surface area (Å²) < 4.78 is 93.4. The number of benzene rings is 1. The Morgan fingerprint density at radius 2 is 1.32 bits per heavy atom. The van der Waals surface area contributed by atoms with Crippen molar-refractivity contribution in [3.63, 3.8) is 0 Å². The fourth-order valence-corrected chi connectivity index (χ4v) is 5.62. The van der Waals surface area contributed by atoms with E-state index in [1.165, 1.54) is 12.1 Å². The molecule has 0 radical (unpaired) electrons. The van der Waals surface area contributed by atoms with Crippen LogP contribution in [0.25, 0.3) is 32.7 Å². The first kappa shape index (κ1) is 31.0. The van der Waals surface area contributed by atoms with E-state index < -0.39 is 39.7 Å². The minimum absolute atomic E-state index is 0.0484. The highest BCUT2D eigenvalue weighted by Gasteiger charge is 2.80. The van der Waals surface area contributed by atoms with Crippen molar-refractivity contribution >= 4 is 48.6 Å². The summed E-state index contributed by atoms with van der Waals surface area (Å²) in [6, 6.07) is 2.89. The van der Waals surface area contributed by atoms with Gasteiger partial charge in [-0.3, -0.25) is 4.98 Å². The number of alkyl halides is 6. The van der Waals surface area contributed by atoms with E-state index in [-0.39, 0.29) is 26.8 Å². The molecule has 1 aliphatic rings. The Hall–Kier alpha value is -2.94. The van der Waals surface area contributed by atoms with Crippen LogP contribution < -0.4 is 0 Å². The second kappa shape index (κ2) is 11.4. The number of aryl methyl sites for hydroxylation is 1. The third-order valence-electron chi connectivity index (χ3n) is 7.26. The Bertz CT molecular complexity index is 1630. The van der Waals surface area contributed by atoms with Gasteiger partial charge in [0.15, 0.2) is 0 Å². The molecule has 0 saturated heterocycles. The molecule has 0 bridgehead atoms. The maximum Gasteiger partial charge on any atom is 0.380 e. The summed E-state index contributed by atoms with van der Waals surface area (Å²) in [7, 11) is 0. The lowest BCUT2D eigenvalue weighted by atomic mass is 9.88. The van der Waals surface area contributed by atoms with E-state index in [1.54, 1.807) is 45.1 Å². The lowest BCUT2D eigenvalue weighted by Gasteiger charge is -2.24. The van der Waals surface area contributed by atoms with Crippen molar-refractivity contribution in [3.05, 3.63) is 81.4 Å². The van der Waals surface area contributed by atoms with Gasteiger partial charge in [0.1, 0.15) is 4.60 Å². The molecule has 1 aromatic carbocycles. The van der Waals surface area contributed by atoms with Crippen LogP contribution in [-0.4, -0.2) is 15.9 Å². The summed E-state index contributed by atoms with van der Waals surface area (Å²) in [4.78, 5) is 8.74. The molecule has 0 unspecified atom stereocenters. The van der Waals surface area contributed by atoms with Crippen molar-refractivity contribution in [1.82, 2.24) is 9.97 Å². The van der Waals surface area contributed by atoms with Gasteiger partial charge in [-0.2, -0.15) is 26.3 Å². The van der Waals surface area contributed by atoms with E-state index in [9.17, 15) is 0 Å². The Labute approximate surface area is 244 Å². The van der Waals surface area contributed by atoms with Gasteiger partial charge in [0.2, 0.25) is 0 Å². The van der Waals surface area contributed by atoms with Gasteiger partial charge in [-0.25, -0.2) is 4.98 Å². The van der Waals surface area contributed by atoms with Crippen molar-refractivity contribution in [1.29, 1.82) is 0 Å². The van der Waals surface area contributed by atoms with Gasteiger partial charge >= 0.3 is 17.8 Å². The van der Waals surface area contributed by atoms with Crippen molar-refractivity contribution in [2.45, 2.75) is 78.1 Å². The monoisotopic (exact) mass is 636 g/mol. The Balaban J connectivity index is 2.25. The molecule has 9 heteroatoms. The highest BCUT2D eigenvalue weighted by Crippen LogP contribution is 2.66. The van der Waals surface area contributed by atoms with Crippen LogP contribution in [0.15, 0.2) is 53.2 Å². The molecule has 41 heavy (non-hydrogen) atoms. The van der Waals surface area contributed by atoms with E-state index in [2.05, 4.69) is 25.9 Å². The van der Waals surface area contributed by atoms with Gasteiger partial charge in [-0.1, -0.05) is 63.1 Å². The minimum atomic E-state index is -5.67. The normalized spacial score (nSPS) is 18.3. The van der Waals surface area contributed by atoms with Gasteiger partial charge in [0.05, 0.1) is 11.4 Å². The van der Waals surface area contributed by atoms with Gasteiger partial charge in [-0.05, 0) is 83.6 Å². The standard InChI is InChI=1S/C32H31BrF6N2/c1-6-8-10-11-13-15-19(4)29-25-22(17-23(33)41-29)21-16-20(5)40-28(18(3)14-12-9-7-2)24(21)26-27(25)31(36,37)32(38,39)30(26,34)35/h9,11-17H,6-8,10H2,1-5H3/b12-9-,13-11-,18-14+,19-15+. The van der Waals surface area contributed by atoms with Gasteiger partial charge in [0, 0.05) is 27.6 Å². The molecular formula is C32H31BrF6N2. The number of allylic oxidation sites excluding steroid dienone is 8. The van der Waals surface area contributed by atoms with Crippen LogP contribution in [-0.2, 0) is 11.8 Å². The maximum atomic E-state index is 15.7. The largest absolute Gasteiger partial charge is 0.380 e. The molecule has 3 aromatic rings. The molecule has 218 valence electrons. The Kier molecular flexibility index (Phi) is 8.61. The fourth-order valence-electron chi connectivity index (χ4n) is 5.21. The summed E-state index contributed by atoms with van der Waals surface area (Å²) >= 11 is 3.33. The molecule has 0 amide bonds. The zero-order valence-electron chi connectivity index (χ0n) is 23.5. The average Bonchev–Trinajstić information content (AvgIpc) is 3.01. The summed E-state index contributed by atoms with van der Waals surface area (Å²) in [6.45, 7) is 8.78. The second-order valence-electron chi connectivity index (χ2n) is 10.3. The number of pyridine rings is 2. The van der Waals surface area contributed by atoms with Crippen molar-refractivity contribution in [3.8, 4) is 0 Å². The predicted octanol–water partition coefficient (Wildman–Crippen LogP) is 11.2. The first-order valence-corrected chi connectivity index (χ1v) is 14.3. The Morgan fingerprint density at radius 1 is 0.805 bits per heavy atom. The van der Waals surface area contributed by atoms with Crippen LogP contribution >= 0.6 is 15.9 Å². The SMILES string of the molecule is CC/C=C\C=C(/C)c1nc(C)cc2c1c1c(c3c(/C(C)=C/C=C\CCCC)nc(Br)cc32)C(F)(F)C(F)(F)C1(F)F. The number of halogens is 7. The molecule has 0 aliphatic heterocycles. The van der Waals surface area contributed by atoms with E-state index in [1.807, 2.05) is 26.0 Å². The summed E-state index contributed by atoms with van der Waals surface area (Å²) in [5, 5.41) is -0.603. The topological polar surface area (TPSA) is 25.8 Å². The van der Waals surface area contributed by atoms with Crippen LogP contribution in [0.3, 0.4) is 0 Å². The number of aromatic nitrogens is 2. The molecule has 2 nitrogen and oxygen atoms in total. The highest BCUT2D eigenvalue weighted by atomic mass is 79.9. The average molecular weight is 638 g/mol. The molecule has 0 spiro atoms. The quantitative estimate of drug-likeness (QED) is 0.0808. The lowest BCUT2D eigenvalue weighted by Crippen LogP contribution is -2.43. The number of unbranched alkanes of at least 4 members (excludes halogenated alkanes) is 2. The van der Waals surface area contributed by atoms with E-state index >= 15 is 26.3 Å². The predicted molar refractivity (Wildman–Crippen MR) is 158 cm³/mol. The summed E-state index contributed by atoms with van der Waals surface area (Å²) in [6.07, 6.45) is 13.8. The molecule has 0 fully saturated rings. The van der Waals surface area contributed by atoms with Gasteiger partial charge < -0.3 is 0 Å². The van der Waals surface area contributed by atoms with Gasteiger partial charge in [-0.15, -0.1) is 0 Å². The molecule has 0 saturated carbocycles. The van der Waals surface area contributed by atoms with Crippen LogP contribution in [0.5, 0.6) is 0 Å². The lowest BCUT2D eigenvalue weighted by molar-refractivity contribution is -0.301. The molecular weight excluding hydrogens is 606 g/mol. The summed E-state index contributed by atoms with van der Waals surface area (Å²) in [5.74, 6) is -16.0. The zero-order chi connectivity index (χ0) is 30.3. The van der Waals surface area contributed by atoms with Crippen molar-refractivity contribution in [2.75, 3.05) is 0 Å². The molecule has 2 heterocycles. The fraction of sp³-hybridized carbons (Fsp3) is 0.375. The van der Waals surface area contributed by atoms with E-state index in [0.717, 1.165) is 19.3 Å². The first-order valence-electron chi connectivity index (χ1n) is 13.5. The first-order chi connectivity index (χ1) is 19.2. The van der Waals surface area contributed by atoms with E-state index in [0.29, 0.717) is 23.3 Å². The third-order valence-corrected chi connectivity index (χ3v) is 7.67. The number of hydrogen-bond donors (Lipinski definition) is 0. The number of fused-ring (bicyclic) bond motifs is 6. The smallest absolute Gasteiger partial charge is 0.253 e. The number of hydrogen-bond acceptors (Lipinski definition) is 2. The third kappa shape index (κ3) is 5.04. The molecule has 1 aliphatic carbocycles. The zero-order valence-corrected chi connectivity index (χ0v) is 25.1. The summed E-state index contributed by atoms with van der Waals surface area (Å²) in [5.41, 5.74) is -1.77. The van der Waals surface area contributed by atoms with E-state index in [4.69, 9.17) is 0 Å².